The lowest BCUT2D eigenvalue weighted by molar-refractivity contribution is -0.162. The van der Waals surface area contributed by atoms with Gasteiger partial charge in [0.1, 0.15) is 0 Å². The first kappa shape index (κ1) is 19.0. The van der Waals surface area contributed by atoms with Crippen LogP contribution in [0.3, 0.4) is 0 Å². The highest BCUT2D eigenvalue weighted by Gasteiger charge is 2.51. The van der Waals surface area contributed by atoms with Gasteiger partial charge in [-0.1, -0.05) is 18.2 Å². The summed E-state index contributed by atoms with van der Waals surface area (Å²) < 4.78 is 64.5. The van der Waals surface area contributed by atoms with Crippen LogP contribution >= 0.6 is 0 Å². The van der Waals surface area contributed by atoms with E-state index in [4.69, 9.17) is 4.55 Å². The molecule has 23 heavy (non-hydrogen) atoms. The van der Waals surface area contributed by atoms with Gasteiger partial charge in [-0.15, -0.1) is 0 Å². The van der Waals surface area contributed by atoms with Crippen molar-refractivity contribution in [2.75, 3.05) is 6.61 Å². The molecule has 1 aromatic carbocycles. The van der Waals surface area contributed by atoms with Gasteiger partial charge in [0, 0.05) is 0 Å². The first-order valence-electron chi connectivity index (χ1n) is 6.24. The minimum Gasteiger partial charge on any atom is -0.452 e. The Hall–Kier alpha value is -2.07. The van der Waals surface area contributed by atoms with Crippen molar-refractivity contribution in [2.24, 2.45) is 0 Å². The molecule has 0 spiro atoms. The molecule has 0 saturated carbocycles. The molecule has 1 atom stereocenters. The van der Waals surface area contributed by atoms with Crippen molar-refractivity contribution in [1.29, 1.82) is 0 Å². The van der Waals surface area contributed by atoms with E-state index in [1.807, 2.05) is 0 Å². The van der Waals surface area contributed by atoms with E-state index in [9.17, 15) is 26.8 Å². The lowest BCUT2D eigenvalue weighted by Gasteiger charge is -2.20. The van der Waals surface area contributed by atoms with Crippen molar-refractivity contribution in [3.05, 3.63) is 35.4 Å². The van der Waals surface area contributed by atoms with Crippen LogP contribution in [-0.4, -0.2) is 42.9 Å². The van der Waals surface area contributed by atoms with Gasteiger partial charge in [0.05, 0.1) is 5.56 Å². The number of hydrogen-bond donors (Lipinski definition) is 1. The van der Waals surface area contributed by atoms with Crippen LogP contribution in [0.2, 0.25) is 0 Å². The van der Waals surface area contributed by atoms with Crippen molar-refractivity contribution in [3.8, 4) is 0 Å². The molecule has 1 rings (SSSR count). The highest BCUT2D eigenvalue weighted by Crippen LogP contribution is 2.27. The van der Waals surface area contributed by atoms with Crippen LogP contribution in [0.5, 0.6) is 0 Å². The molecule has 0 amide bonds. The summed E-state index contributed by atoms with van der Waals surface area (Å²) in [6.45, 7) is 1.22. The summed E-state index contributed by atoms with van der Waals surface area (Å²) in [4.78, 5) is 23.0. The molecule has 0 saturated heterocycles. The molecule has 0 fully saturated rings. The molecule has 7 nitrogen and oxygen atoms in total. The van der Waals surface area contributed by atoms with E-state index in [0.717, 1.165) is 0 Å². The lowest BCUT2D eigenvalue weighted by Crippen LogP contribution is -2.42. The van der Waals surface area contributed by atoms with Crippen molar-refractivity contribution < 1.29 is 40.8 Å². The van der Waals surface area contributed by atoms with Crippen LogP contribution in [0.15, 0.2) is 24.3 Å². The molecule has 0 heterocycles. The van der Waals surface area contributed by atoms with E-state index in [2.05, 4.69) is 9.47 Å². The van der Waals surface area contributed by atoms with Gasteiger partial charge in [0.2, 0.25) is 0 Å². The average molecular weight is 352 g/mol. The van der Waals surface area contributed by atoms with Crippen molar-refractivity contribution in [2.45, 2.75) is 25.2 Å². The first-order valence-corrected chi connectivity index (χ1v) is 7.68. The van der Waals surface area contributed by atoms with Crippen LogP contribution < -0.4 is 0 Å². The minimum atomic E-state index is -5.75. The largest absolute Gasteiger partial charge is 0.452 e. The molecular formula is C13H14F2O7S. The van der Waals surface area contributed by atoms with Gasteiger partial charge >= 0.3 is 27.3 Å². The fraction of sp³-hybridized carbons (Fsp3) is 0.385. The zero-order valence-corrected chi connectivity index (χ0v) is 13.0. The number of benzene rings is 1. The number of ether oxygens (including phenoxy) is 2. The molecule has 0 aliphatic heterocycles. The van der Waals surface area contributed by atoms with E-state index >= 15 is 0 Å². The van der Waals surface area contributed by atoms with Gasteiger partial charge in [0.25, 0.3) is 0 Å². The Labute approximate surface area is 130 Å². The van der Waals surface area contributed by atoms with Gasteiger partial charge in [-0.25, -0.2) is 9.59 Å². The quantitative estimate of drug-likeness (QED) is 0.611. The Bertz CT molecular complexity index is 700. The Morgan fingerprint density at radius 1 is 1.30 bits per heavy atom. The predicted octanol–water partition coefficient (Wildman–Crippen LogP) is 1.56. The Balaban J connectivity index is 2.62. The van der Waals surface area contributed by atoms with E-state index in [0.29, 0.717) is 12.5 Å². The number of hydrogen-bond acceptors (Lipinski definition) is 6. The highest BCUT2D eigenvalue weighted by atomic mass is 32.2. The van der Waals surface area contributed by atoms with Crippen LogP contribution in [0.4, 0.5) is 8.78 Å². The van der Waals surface area contributed by atoms with Gasteiger partial charge in [-0.05, 0) is 25.5 Å². The molecule has 0 aliphatic rings. The summed E-state index contributed by atoms with van der Waals surface area (Å²) in [6.07, 6.45) is -2.46. The second-order valence-electron chi connectivity index (χ2n) is 4.56. The number of rotatable bonds is 6. The summed E-state index contributed by atoms with van der Waals surface area (Å²) in [6, 6.07) is 6.32. The Morgan fingerprint density at radius 3 is 2.39 bits per heavy atom. The van der Waals surface area contributed by atoms with Gasteiger partial charge < -0.3 is 9.47 Å². The summed E-state index contributed by atoms with van der Waals surface area (Å²) in [5.41, 5.74) is 0.758. The minimum absolute atomic E-state index is 0.177. The molecule has 0 aliphatic carbocycles. The number of alkyl halides is 2. The molecule has 0 aromatic heterocycles. The molecule has 128 valence electrons. The fourth-order valence-electron chi connectivity index (χ4n) is 1.51. The second kappa shape index (κ2) is 7.01. The number of halogens is 2. The fourth-order valence-corrected chi connectivity index (χ4v) is 1.98. The van der Waals surface area contributed by atoms with Crippen LogP contribution in [0.25, 0.3) is 0 Å². The van der Waals surface area contributed by atoms with Crippen molar-refractivity contribution in [1.82, 2.24) is 0 Å². The molecule has 1 unspecified atom stereocenters. The molecule has 1 aromatic rings. The Kier molecular flexibility index (Phi) is 5.78. The van der Waals surface area contributed by atoms with Crippen molar-refractivity contribution in [3.63, 3.8) is 0 Å². The topological polar surface area (TPSA) is 107 Å². The van der Waals surface area contributed by atoms with Crippen LogP contribution in [-0.2, 0) is 24.4 Å². The van der Waals surface area contributed by atoms with E-state index in [1.54, 1.807) is 25.1 Å². The summed E-state index contributed by atoms with van der Waals surface area (Å²) >= 11 is 0. The third-order valence-corrected chi connectivity index (χ3v) is 3.83. The second-order valence-corrected chi connectivity index (χ2v) is 6.05. The SMILES string of the molecule is Cc1ccccc1C(=O)OCC(=O)OC(C)C(F)(F)S(=O)(=O)O. The smallest absolute Gasteiger partial charge is 0.405 e. The summed E-state index contributed by atoms with van der Waals surface area (Å²) in [7, 11) is -5.75. The maximum Gasteiger partial charge on any atom is 0.405 e. The third-order valence-electron chi connectivity index (χ3n) is 2.81. The summed E-state index contributed by atoms with van der Waals surface area (Å²) in [5, 5.41) is -4.68. The van der Waals surface area contributed by atoms with Crippen LogP contribution in [0.1, 0.15) is 22.8 Å². The zero-order chi connectivity index (χ0) is 17.8. The maximum absolute atomic E-state index is 13.2. The van der Waals surface area contributed by atoms with E-state index < -0.39 is 40.0 Å². The molecule has 1 N–H and O–H groups in total. The third kappa shape index (κ3) is 4.70. The summed E-state index contributed by atoms with van der Waals surface area (Å²) in [5.74, 6) is -2.25. The number of carbonyl (C=O) groups is 2. The van der Waals surface area contributed by atoms with E-state index in [-0.39, 0.29) is 5.56 Å². The normalized spacial score (nSPS) is 13.3. The molecular weight excluding hydrogens is 338 g/mol. The monoisotopic (exact) mass is 352 g/mol. The standard InChI is InChI=1S/C13H14F2O7S/c1-8-5-3-4-6-10(8)12(17)21-7-11(16)22-9(2)13(14,15)23(18,19)20/h3-6,9H,7H2,1-2H3,(H,18,19,20). The Morgan fingerprint density at radius 2 is 1.87 bits per heavy atom. The van der Waals surface area contributed by atoms with Crippen LogP contribution in [0, 0.1) is 6.92 Å². The molecule has 10 heteroatoms. The number of carbonyl (C=O) groups excluding carboxylic acids is 2. The number of aryl methyl sites for hydroxylation is 1. The van der Waals surface area contributed by atoms with Gasteiger partial charge in [0.15, 0.2) is 12.7 Å². The predicted molar refractivity (Wildman–Crippen MR) is 73.5 cm³/mol. The van der Waals surface area contributed by atoms with Gasteiger partial charge in [-0.3, -0.25) is 4.55 Å². The molecule has 0 bridgehead atoms. The highest BCUT2D eigenvalue weighted by molar-refractivity contribution is 7.86. The first-order chi connectivity index (χ1) is 10.5. The number of esters is 2. The van der Waals surface area contributed by atoms with Gasteiger partial charge in [-0.2, -0.15) is 17.2 Å². The average Bonchev–Trinajstić information content (AvgIpc) is 2.44. The van der Waals surface area contributed by atoms with E-state index in [1.165, 1.54) is 6.07 Å². The maximum atomic E-state index is 13.2. The lowest BCUT2D eigenvalue weighted by atomic mass is 10.1. The van der Waals surface area contributed by atoms with Crippen molar-refractivity contribution >= 4 is 22.1 Å². The molecule has 0 radical (unpaired) electrons. The zero-order valence-electron chi connectivity index (χ0n) is 12.2.